The molecular formula is C30H39N9O3. The summed E-state index contributed by atoms with van der Waals surface area (Å²) in [7, 11) is 1.79. The SMILES string of the molecule is Cc1ccc(OCCN(CCCCc2ccc3c(n2)NCCC3)CCC(Nc2ncnc3cnn(C)c23)C(=O)O)cn1. The van der Waals surface area contributed by atoms with Crippen LogP contribution in [0.4, 0.5) is 11.6 Å². The molecule has 42 heavy (non-hydrogen) atoms. The van der Waals surface area contributed by atoms with Crippen molar-refractivity contribution in [2.45, 2.75) is 51.5 Å². The summed E-state index contributed by atoms with van der Waals surface area (Å²) in [4.78, 5) is 32.1. The summed E-state index contributed by atoms with van der Waals surface area (Å²) >= 11 is 0. The van der Waals surface area contributed by atoms with Crippen molar-refractivity contribution in [3.8, 4) is 5.75 Å². The first-order valence-corrected chi connectivity index (χ1v) is 14.6. The van der Waals surface area contributed by atoms with Crippen LogP contribution in [0.2, 0.25) is 0 Å². The number of nitrogens with zero attached hydrogens (tertiary/aromatic N) is 7. The Hall–Kier alpha value is -4.32. The Labute approximate surface area is 245 Å². The van der Waals surface area contributed by atoms with Crippen molar-refractivity contribution in [1.82, 2.24) is 34.6 Å². The molecule has 5 rings (SSSR count). The van der Waals surface area contributed by atoms with Gasteiger partial charge in [-0.15, -0.1) is 0 Å². The van der Waals surface area contributed by atoms with Crippen LogP contribution in [0.25, 0.3) is 11.0 Å². The molecule has 12 heteroatoms. The number of anilines is 2. The Morgan fingerprint density at radius 2 is 2.05 bits per heavy atom. The molecule has 0 aliphatic carbocycles. The van der Waals surface area contributed by atoms with Crippen molar-refractivity contribution < 1.29 is 14.6 Å². The summed E-state index contributed by atoms with van der Waals surface area (Å²) < 4.78 is 7.59. The number of carboxylic acid groups (broad SMARTS) is 1. The minimum absolute atomic E-state index is 0.392. The highest BCUT2D eigenvalue weighted by Gasteiger charge is 2.21. The first kappa shape index (κ1) is 29.2. The van der Waals surface area contributed by atoms with Crippen LogP contribution < -0.4 is 15.4 Å². The summed E-state index contributed by atoms with van der Waals surface area (Å²) in [6.45, 7) is 5.48. The third-order valence-electron chi connectivity index (χ3n) is 7.54. The molecule has 12 nitrogen and oxygen atoms in total. The summed E-state index contributed by atoms with van der Waals surface area (Å²) in [5, 5.41) is 20.8. The zero-order valence-electron chi connectivity index (χ0n) is 24.3. The number of aromatic nitrogens is 6. The van der Waals surface area contributed by atoms with Crippen LogP contribution in [-0.2, 0) is 24.7 Å². The smallest absolute Gasteiger partial charge is 0.326 e. The number of rotatable bonds is 15. The Morgan fingerprint density at radius 1 is 1.14 bits per heavy atom. The van der Waals surface area contributed by atoms with Crippen LogP contribution in [-0.4, -0.2) is 84.5 Å². The number of carbonyl (C=O) groups is 1. The van der Waals surface area contributed by atoms with Gasteiger partial charge < -0.3 is 20.5 Å². The van der Waals surface area contributed by atoms with E-state index in [1.54, 1.807) is 24.1 Å². The van der Waals surface area contributed by atoms with Crippen LogP contribution in [0.5, 0.6) is 5.75 Å². The van der Waals surface area contributed by atoms with Crippen molar-refractivity contribution in [1.29, 1.82) is 0 Å². The second-order valence-corrected chi connectivity index (χ2v) is 10.7. The van der Waals surface area contributed by atoms with E-state index in [1.165, 1.54) is 11.9 Å². The van der Waals surface area contributed by atoms with Gasteiger partial charge in [-0.1, -0.05) is 6.07 Å². The molecular weight excluding hydrogens is 534 g/mol. The first-order chi connectivity index (χ1) is 20.5. The summed E-state index contributed by atoms with van der Waals surface area (Å²) in [5.74, 6) is 1.28. The molecule has 1 atom stereocenters. The number of aliphatic carboxylic acids is 1. The molecule has 4 aromatic rings. The van der Waals surface area contributed by atoms with Crippen LogP contribution in [0, 0.1) is 6.92 Å². The Morgan fingerprint density at radius 3 is 2.88 bits per heavy atom. The quantitative estimate of drug-likeness (QED) is 0.180. The minimum atomic E-state index is -0.932. The molecule has 1 aliphatic rings. The molecule has 1 unspecified atom stereocenters. The van der Waals surface area contributed by atoms with Crippen LogP contribution >= 0.6 is 0 Å². The Bertz CT molecular complexity index is 1470. The van der Waals surface area contributed by atoms with Gasteiger partial charge in [0, 0.05) is 38.1 Å². The number of aryl methyl sites for hydroxylation is 4. The lowest BCUT2D eigenvalue weighted by Crippen LogP contribution is -2.37. The lowest BCUT2D eigenvalue weighted by molar-refractivity contribution is -0.138. The maximum Gasteiger partial charge on any atom is 0.326 e. The predicted octanol–water partition coefficient (Wildman–Crippen LogP) is 3.48. The molecule has 0 amide bonds. The monoisotopic (exact) mass is 573 g/mol. The van der Waals surface area contributed by atoms with E-state index in [-0.39, 0.29) is 0 Å². The highest BCUT2D eigenvalue weighted by Crippen LogP contribution is 2.21. The van der Waals surface area contributed by atoms with E-state index in [0.717, 1.165) is 68.1 Å². The minimum Gasteiger partial charge on any atom is -0.491 e. The fourth-order valence-electron chi connectivity index (χ4n) is 5.16. The zero-order chi connectivity index (χ0) is 29.3. The Balaban J connectivity index is 1.18. The number of pyridine rings is 2. The van der Waals surface area contributed by atoms with E-state index < -0.39 is 12.0 Å². The van der Waals surface area contributed by atoms with E-state index in [4.69, 9.17) is 9.72 Å². The van der Waals surface area contributed by atoms with Gasteiger partial charge in [-0.3, -0.25) is 14.6 Å². The second kappa shape index (κ2) is 14.0. The Kier molecular flexibility index (Phi) is 9.75. The highest BCUT2D eigenvalue weighted by molar-refractivity contribution is 5.87. The van der Waals surface area contributed by atoms with Gasteiger partial charge >= 0.3 is 5.97 Å². The molecule has 0 saturated heterocycles. The number of unbranched alkanes of at least 4 members (excludes halogenated alkanes) is 1. The van der Waals surface area contributed by atoms with E-state index >= 15 is 0 Å². The van der Waals surface area contributed by atoms with Crippen molar-refractivity contribution >= 4 is 28.6 Å². The lowest BCUT2D eigenvalue weighted by atomic mass is 10.1. The average Bonchev–Trinajstić information content (AvgIpc) is 3.39. The summed E-state index contributed by atoms with van der Waals surface area (Å²) in [6, 6.07) is 7.35. The van der Waals surface area contributed by atoms with Gasteiger partial charge in [0.15, 0.2) is 5.82 Å². The van der Waals surface area contributed by atoms with E-state index in [1.807, 2.05) is 19.1 Å². The van der Waals surface area contributed by atoms with E-state index in [0.29, 0.717) is 43.0 Å². The first-order valence-electron chi connectivity index (χ1n) is 14.6. The zero-order valence-corrected chi connectivity index (χ0v) is 24.3. The fourth-order valence-corrected chi connectivity index (χ4v) is 5.16. The summed E-state index contributed by atoms with van der Waals surface area (Å²) in [6.07, 6.45) is 10.3. The van der Waals surface area contributed by atoms with Crippen molar-refractivity contribution in [3.05, 3.63) is 59.9 Å². The van der Waals surface area contributed by atoms with Gasteiger partial charge in [-0.05, 0) is 75.8 Å². The molecule has 0 bridgehead atoms. The van der Waals surface area contributed by atoms with Crippen molar-refractivity contribution in [2.75, 3.05) is 43.4 Å². The molecule has 1 aliphatic heterocycles. The normalized spacial score (nSPS) is 13.5. The van der Waals surface area contributed by atoms with Gasteiger partial charge in [0.2, 0.25) is 0 Å². The van der Waals surface area contributed by atoms with Gasteiger partial charge in [0.1, 0.15) is 41.6 Å². The largest absolute Gasteiger partial charge is 0.491 e. The fraction of sp³-hybridized carbons (Fsp3) is 0.467. The number of carboxylic acids is 1. The maximum atomic E-state index is 12.2. The van der Waals surface area contributed by atoms with Crippen LogP contribution in [0.1, 0.15) is 42.6 Å². The number of fused-ring (bicyclic) bond motifs is 2. The number of hydrogen-bond donors (Lipinski definition) is 3. The topological polar surface area (TPSA) is 143 Å². The maximum absolute atomic E-state index is 12.2. The molecule has 0 aromatic carbocycles. The average molecular weight is 574 g/mol. The number of ether oxygens (including phenoxy) is 1. The molecule has 3 N–H and O–H groups in total. The van der Waals surface area contributed by atoms with E-state index in [9.17, 15) is 9.90 Å². The second-order valence-electron chi connectivity index (χ2n) is 10.7. The molecule has 0 fully saturated rings. The molecule has 222 valence electrons. The van der Waals surface area contributed by atoms with Gasteiger partial charge in [0.05, 0.1) is 12.4 Å². The highest BCUT2D eigenvalue weighted by atomic mass is 16.5. The van der Waals surface area contributed by atoms with Crippen molar-refractivity contribution in [3.63, 3.8) is 0 Å². The standard InChI is InChI=1S/C30H39N9O3/c1-21-8-11-24(18-32-21)42-17-16-39(14-4-3-7-23-10-9-22-6-5-13-31-28(22)36-23)15-12-25(30(40)41)37-29-27-26(33-20-34-29)19-35-38(27)2/h8-11,18-20,25H,3-7,12-17H2,1-2H3,(H,31,36)(H,40,41)(H,33,34,37). The molecule has 4 aromatic heterocycles. The van der Waals surface area contributed by atoms with Gasteiger partial charge in [-0.2, -0.15) is 5.10 Å². The predicted molar refractivity (Wildman–Crippen MR) is 161 cm³/mol. The third kappa shape index (κ3) is 7.69. The number of nitrogens with one attached hydrogen (secondary N) is 2. The lowest BCUT2D eigenvalue weighted by Gasteiger charge is -2.25. The summed E-state index contributed by atoms with van der Waals surface area (Å²) in [5.41, 5.74) is 4.67. The third-order valence-corrected chi connectivity index (χ3v) is 7.54. The van der Waals surface area contributed by atoms with E-state index in [2.05, 4.69) is 47.7 Å². The van der Waals surface area contributed by atoms with Gasteiger partial charge in [0.25, 0.3) is 0 Å². The van der Waals surface area contributed by atoms with Crippen LogP contribution in [0.3, 0.4) is 0 Å². The van der Waals surface area contributed by atoms with Crippen LogP contribution in [0.15, 0.2) is 43.0 Å². The van der Waals surface area contributed by atoms with Gasteiger partial charge in [-0.25, -0.2) is 19.7 Å². The molecule has 0 radical (unpaired) electrons. The number of hydrogen-bond acceptors (Lipinski definition) is 10. The molecule has 0 saturated carbocycles. The molecule has 5 heterocycles. The molecule has 0 spiro atoms. The van der Waals surface area contributed by atoms with Crippen molar-refractivity contribution in [2.24, 2.45) is 7.05 Å².